The van der Waals surface area contributed by atoms with Crippen LogP contribution in [0.25, 0.3) is 0 Å². The van der Waals surface area contributed by atoms with E-state index in [1.165, 1.54) is 6.08 Å². The Labute approximate surface area is 101 Å². The summed E-state index contributed by atoms with van der Waals surface area (Å²) < 4.78 is 4.97. The zero-order valence-electron chi connectivity index (χ0n) is 9.98. The monoisotopic (exact) mass is 238 g/mol. The molecule has 0 aliphatic carbocycles. The van der Waals surface area contributed by atoms with Crippen LogP contribution in [0.5, 0.6) is 0 Å². The van der Waals surface area contributed by atoms with Crippen molar-refractivity contribution < 1.29 is 19.7 Å². The number of carbonyl (C=O) groups excluding carboxylic acids is 1. The summed E-state index contributed by atoms with van der Waals surface area (Å²) in [6, 6.07) is 0. The lowest BCUT2D eigenvalue weighted by Crippen LogP contribution is -2.33. The van der Waals surface area contributed by atoms with Crippen molar-refractivity contribution in [2.45, 2.75) is 32.2 Å². The lowest BCUT2D eigenvalue weighted by molar-refractivity contribution is -0.144. The van der Waals surface area contributed by atoms with Gasteiger partial charge in [0.05, 0.1) is 6.10 Å². The van der Waals surface area contributed by atoms with Crippen molar-refractivity contribution in [3.05, 3.63) is 36.5 Å². The number of cyclic esters (lactones) is 1. The number of ether oxygens (including phenoxy) is 1. The number of allylic oxidation sites excluding steroid dienone is 4. The van der Waals surface area contributed by atoms with Gasteiger partial charge in [0.1, 0.15) is 18.1 Å². The number of hydrogen-bond acceptors (Lipinski definition) is 4. The van der Waals surface area contributed by atoms with E-state index >= 15 is 0 Å². The molecule has 2 N–H and O–H groups in total. The van der Waals surface area contributed by atoms with Crippen LogP contribution in [0.1, 0.15) is 13.8 Å². The minimum atomic E-state index is -1.04. The second-order valence-corrected chi connectivity index (χ2v) is 3.84. The van der Waals surface area contributed by atoms with E-state index in [0.717, 1.165) is 0 Å². The highest BCUT2D eigenvalue weighted by atomic mass is 16.6. The molecule has 4 nitrogen and oxygen atoms in total. The molecule has 17 heavy (non-hydrogen) atoms. The van der Waals surface area contributed by atoms with Gasteiger partial charge < -0.3 is 14.9 Å². The predicted octanol–water partition coefficient (Wildman–Crippen LogP) is 0.958. The maximum absolute atomic E-state index is 11.5. The molecule has 1 saturated heterocycles. The summed E-state index contributed by atoms with van der Waals surface area (Å²) in [5.41, 5.74) is 0. The fraction of sp³-hybridized carbons (Fsp3) is 0.462. The number of aliphatic hydroxyl groups is 2. The molecular weight excluding hydrogens is 220 g/mol. The number of hydrogen-bond donors (Lipinski definition) is 2. The zero-order valence-corrected chi connectivity index (χ0v) is 9.98. The van der Waals surface area contributed by atoms with E-state index in [2.05, 4.69) is 0 Å². The first-order valence-corrected chi connectivity index (χ1v) is 5.60. The highest BCUT2D eigenvalue weighted by Gasteiger charge is 2.45. The normalized spacial score (nSPS) is 31.8. The highest BCUT2D eigenvalue weighted by molar-refractivity contribution is 5.77. The summed E-state index contributed by atoms with van der Waals surface area (Å²) in [6.07, 6.45) is 7.22. The highest BCUT2D eigenvalue weighted by Crippen LogP contribution is 2.26. The summed E-state index contributed by atoms with van der Waals surface area (Å²) >= 11 is 0. The lowest BCUT2D eigenvalue weighted by Gasteiger charge is -2.15. The minimum absolute atomic E-state index is 0.571. The molecule has 1 unspecified atom stereocenters. The molecule has 4 heteroatoms. The van der Waals surface area contributed by atoms with Crippen molar-refractivity contribution >= 4 is 5.97 Å². The molecule has 0 amide bonds. The van der Waals surface area contributed by atoms with Crippen LogP contribution in [0.15, 0.2) is 36.5 Å². The van der Waals surface area contributed by atoms with Crippen LogP contribution in [-0.4, -0.2) is 34.5 Å². The second-order valence-electron chi connectivity index (χ2n) is 3.84. The molecule has 0 spiro atoms. The summed E-state index contributed by atoms with van der Waals surface area (Å²) in [7, 11) is 0. The molecule has 1 rings (SSSR count). The van der Waals surface area contributed by atoms with Crippen LogP contribution in [0.4, 0.5) is 0 Å². The smallest absolute Gasteiger partial charge is 0.315 e. The Balaban J connectivity index is 2.73. The van der Waals surface area contributed by atoms with E-state index in [0.29, 0.717) is 0 Å². The molecule has 94 valence electrons. The summed E-state index contributed by atoms with van der Waals surface area (Å²) in [6.45, 7) is 3.62. The van der Waals surface area contributed by atoms with Crippen LogP contribution in [-0.2, 0) is 9.53 Å². The predicted molar refractivity (Wildman–Crippen MR) is 64.2 cm³/mol. The van der Waals surface area contributed by atoms with Gasteiger partial charge in [-0.1, -0.05) is 30.4 Å². The molecule has 4 atom stereocenters. The first-order valence-electron chi connectivity index (χ1n) is 5.60. The molecular formula is C13H18O4. The quantitative estimate of drug-likeness (QED) is 0.435. The van der Waals surface area contributed by atoms with Gasteiger partial charge in [-0.15, -0.1) is 0 Å². The Hall–Kier alpha value is -1.39. The Morgan fingerprint density at radius 2 is 2.00 bits per heavy atom. The molecule has 0 bridgehead atoms. The first-order chi connectivity index (χ1) is 8.11. The molecule has 0 saturated carbocycles. The van der Waals surface area contributed by atoms with E-state index in [4.69, 9.17) is 4.74 Å². The number of aliphatic hydroxyl groups excluding tert-OH is 2. The molecule has 1 aliphatic heterocycles. The third-order valence-corrected chi connectivity index (χ3v) is 2.59. The lowest BCUT2D eigenvalue weighted by atomic mass is 9.94. The van der Waals surface area contributed by atoms with E-state index in [-0.39, 0.29) is 0 Å². The molecule has 1 heterocycles. The van der Waals surface area contributed by atoms with Gasteiger partial charge in [-0.3, -0.25) is 4.79 Å². The van der Waals surface area contributed by atoms with Gasteiger partial charge in [-0.25, -0.2) is 0 Å². The fourth-order valence-corrected chi connectivity index (χ4v) is 1.72. The van der Waals surface area contributed by atoms with Crippen molar-refractivity contribution in [2.75, 3.05) is 0 Å². The third-order valence-electron chi connectivity index (χ3n) is 2.59. The van der Waals surface area contributed by atoms with Crippen molar-refractivity contribution in [3.8, 4) is 0 Å². The maximum atomic E-state index is 11.5. The first kappa shape index (κ1) is 13.7. The van der Waals surface area contributed by atoms with E-state index < -0.39 is 30.2 Å². The van der Waals surface area contributed by atoms with Crippen molar-refractivity contribution in [1.29, 1.82) is 0 Å². The molecule has 0 aromatic heterocycles. The standard InChI is InChI=1S/C13H18O4/c1-3-5-6-8-9(14)11-12(15)10(7-4-2)17-13(11)16/h3-12,14-15H,1-2H3/b5-3+,7-4+,8-6+/t9?,10-,11+,12-/m0/s1. The van der Waals surface area contributed by atoms with Crippen LogP contribution in [0, 0.1) is 5.92 Å². The van der Waals surface area contributed by atoms with Gasteiger partial charge in [0.2, 0.25) is 0 Å². The van der Waals surface area contributed by atoms with Gasteiger partial charge in [0.15, 0.2) is 0 Å². The van der Waals surface area contributed by atoms with Gasteiger partial charge in [0, 0.05) is 0 Å². The Morgan fingerprint density at radius 3 is 2.59 bits per heavy atom. The molecule has 0 aromatic carbocycles. The van der Waals surface area contributed by atoms with Gasteiger partial charge >= 0.3 is 5.97 Å². The zero-order chi connectivity index (χ0) is 12.8. The van der Waals surface area contributed by atoms with E-state index in [1.54, 1.807) is 37.3 Å². The van der Waals surface area contributed by atoms with Gasteiger partial charge in [-0.05, 0) is 19.9 Å². The Bertz CT molecular complexity index is 343. The summed E-state index contributed by atoms with van der Waals surface area (Å²) in [5.74, 6) is -1.49. The Morgan fingerprint density at radius 1 is 1.29 bits per heavy atom. The van der Waals surface area contributed by atoms with Crippen molar-refractivity contribution in [2.24, 2.45) is 5.92 Å². The largest absolute Gasteiger partial charge is 0.455 e. The van der Waals surface area contributed by atoms with E-state index in [1.807, 2.05) is 6.92 Å². The average Bonchev–Trinajstić information content (AvgIpc) is 2.55. The Kier molecular flexibility index (Phi) is 5.12. The molecule has 1 fully saturated rings. The van der Waals surface area contributed by atoms with Gasteiger partial charge in [0.25, 0.3) is 0 Å². The minimum Gasteiger partial charge on any atom is -0.455 e. The van der Waals surface area contributed by atoms with Gasteiger partial charge in [-0.2, -0.15) is 0 Å². The second kappa shape index (κ2) is 6.37. The maximum Gasteiger partial charge on any atom is 0.315 e. The fourth-order valence-electron chi connectivity index (χ4n) is 1.72. The van der Waals surface area contributed by atoms with Crippen LogP contribution < -0.4 is 0 Å². The van der Waals surface area contributed by atoms with Crippen LogP contribution in [0.2, 0.25) is 0 Å². The van der Waals surface area contributed by atoms with Crippen LogP contribution >= 0.6 is 0 Å². The molecule has 0 radical (unpaired) electrons. The summed E-state index contributed by atoms with van der Waals surface area (Å²) in [4.78, 5) is 11.5. The number of carbonyl (C=O) groups is 1. The average molecular weight is 238 g/mol. The third kappa shape index (κ3) is 3.28. The van der Waals surface area contributed by atoms with E-state index in [9.17, 15) is 15.0 Å². The molecule has 0 aromatic rings. The van der Waals surface area contributed by atoms with Crippen molar-refractivity contribution in [3.63, 3.8) is 0 Å². The van der Waals surface area contributed by atoms with Crippen LogP contribution in [0.3, 0.4) is 0 Å². The number of esters is 1. The van der Waals surface area contributed by atoms with Crippen molar-refractivity contribution in [1.82, 2.24) is 0 Å². The topological polar surface area (TPSA) is 66.8 Å². The molecule has 1 aliphatic rings. The summed E-state index contributed by atoms with van der Waals surface area (Å²) in [5, 5.41) is 19.7. The number of rotatable bonds is 4. The SMILES string of the molecule is C/C=C/C=C/C(O)[C@H]1C(=O)O[C@@H](/C=C/C)[C@@H]1O.